The number of amides is 1. The molecule has 0 aromatic carbocycles. The molecular formula is C16H19F3N4O4S2. The highest BCUT2D eigenvalue weighted by Gasteiger charge is 2.42. The van der Waals surface area contributed by atoms with Crippen molar-refractivity contribution < 1.29 is 26.9 Å². The van der Waals surface area contributed by atoms with Crippen LogP contribution in [0, 0.1) is 0 Å². The van der Waals surface area contributed by atoms with Gasteiger partial charge in [0.25, 0.3) is 5.56 Å². The van der Waals surface area contributed by atoms with Crippen LogP contribution >= 0.6 is 11.3 Å². The second-order valence-corrected chi connectivity index (χ2v) is 10.1. The maximum Gasteiger partial charge on any atom is 0.449 e. The summed E-state index contributed by atoms with van der Waals surface area (Å²) in [6, 6.07) is -0.930. The fraction of sp³-hybridized carbons (Fsp3) is 0.625. The number of fused-ring (bicyclic) bond motifs is 1. The van der Waals surface area contributed by atoms with Gasteiger partial charge in [0.2, 0.25) is 5.82 Å². The van der Waals surface area contributed by atoms with Crippen LogP contribution in [0.3, 0.4) is 0 Å². The molecule has 1 aliphatic heterocycles. The van der Waals surface area contributed by atoms with E-state index < -0.39 is 46.1 Å². The van der Waals surface area contributed by atoms with Gasteiger partial charge in [0.15, 0.2) is 14.7 Å². The first-order valence-corrected chi connectivity index (χ1v) is 11.0. The van der Waals surface area contributed by atoms with Crippen molar-refractivity contribution in [3.63, 3.8) is 0 Å². The Morgan fingerprint density at radius 2 is 1.93 bits per heavy atom. The van der Waals surface area contributed by atoms with Gasteiger partial charge < -0.3 is 9.64 Å². The number of likely N-dealkylation sites (tertiary alicyclic amines) is 1. The van der Waals surface area contributed by atoms with Gasteiger partial charge in [-0.3, -0.25) is 13.6 Å². The molecule has 1 unspecified atom stereocenters. The molecular weight excluding hydrogens is 433 g/mol. The second-order valence-electron chi connectivity index (χ2n) is 7.56. The molecule has 2 atom stereocenters. The molecule has 160 valence electrons. The summed E-state index contributed by atoms with van der Waals surface area (Å²) in [6.07, 6.45) is -4.10. The summed E-state index contributed by atoms with van der Waals surface area (Å²) < 4.78 is 58.4. The average Bonchev–Trinajstić information content (AvgIpc) is 3.19. The van der Waals surface area contributed by atoms with E-state index in [2.05, 4.69) is 9.97 Å². The molecule has 3 rings (SSSR count). The van der Waals surface area contributed by atoms with Crippen molar-refractivity contribution in [1.29, 1.82) is 0 Å². The van der Waals surface area contributed by atoms with Gasteiger partial charge in [0.05, 0.1) is 16.8 Å². The fourth-order valence-electron chi connectivity index (χ4n) is 2.97. The summed E-state index contributed by atoms with van der Waals surface area (Å²) in [4.78, 5) is 33.7. The van der Waals surface area contributed by atoms with E-state index in [0.29, 0.717) is 15.9 Å². The van der Waals surface area contributed by atoms with Crippen molar-refractivity contribution in [2.45, 2.75) is 49.4 Å². The summed E-state index contributed by atoms with van der Waals surface area (Å²) in [5.41, 5.74) is -1.98. The molecule has 0 bridgehead atoms. The van der Waals surface area contributed by atoms with E-state index in [1.165, 1.54) is 11.2 Å². The van der Waals surface area contributed by atoms with Gasteiger partial charge >= 0.3 is 12.3 Å². The van der Waals surface area contributed by atoms with Gasteiger partial charge in [-0.05, 0) is 27.2 Å². The van der Waals surface area contributed by atoms with Gasteiger partial charge in [-0.1, -0.05) is 11.3 Å². The number of hydrogen-bond acceptors (Lipinski definition) is 7. The third-order valence-electron chi connectivity index (χ3n) is 4.13. The molecule has 0 saturated carbocycles. The minimum Gasteiger partial charge on any atom is -0.444 e. The van der Waals surface area contributed by atoms with Crippen LogP contribution in [0.15, 0.2) is 9.13 Å². The fourth-order valence-corrected chi connectivity index (χ4v) is 4.57. The number of thiazole rings is 1. The Morgan fingerprint density at radius 3 is 2.48 bits per heavy atom. The molecule has 0 N–H and O–H groups in total. The highest BCUT2D eigenvalue weighted by atomic mass is 32.2. The number of carbonyl (C=O) groups is 1. The van der Waals surface area contributed by atoms with Gasteiger partial charge in [-0.15, -0.1) is 0 Å². The Bertz CT molecular complexity index is 1040. The summed E-state index contributed by atoms with van der Waals surface area (Å²) in [7, 11) is -1.56. The molecule has 0 spiro atoms. The lowest BCUT2D eigenvalue weighted by molar-refractivity contribution is -0.148. The van der Waals surface area contributed by atoms with Crippen LogP contribution in [0.4, 0.5) is 18.0 Å². The zero-order valence-corrected chi connectivity index (χ0v) is 17.7. The van der Waals surface area contributed by atoms with E-state index in [9.17, 15) is 27.0 Å². The van der Waals surface area contributed by atoms with Crippen LogP contribution in [-0.4, -0.2) is 54.7 Å². The normalized spacial score (nSPS) is 19.0. The topological polar surface area (TPSA) is 94.4 Å². The molecule has 1 aliphatic rings. The van der Waals surface area contributed by atoms with E-state index in [4.69, 9.17) is 4.74 Å². The van der Waals surface area contributed by atoms with E-state index in [1.54, 1.807) is 20.8 Å². The van der Waals surface area contributed by atoms with Crippen LogP contribution in [0.2, 0.25) is 0 Å². The average molecular weight is 452 g/mol. The van der Waals surface area contributed by atoms with E-state index >= 15 is 0 Å². The minimum atomic E-state index is -4.89. The third kappa shape index (κ3) is 4.44. The van der Waals surface area contributed by atoms with Crippen molar-refractivity contribution in [2.75, 3.05) is 19.3 Å². The number of rotatable bonds is 2. The summed E-state index contributed by atoms with van der Waals surface area (Å²) in [6.45, 7) is 5.06. The predicted molar refractivity (Wildman–Crippen MR) is 100 cm³/mol. The van der Waals surface area contributed by atoms with Crippen molar-refractivity contribution in [2.24, 2.45) is 0 Å². The van der Waals surface area contributed by atoms with Crippen LogP contribution in [0.5, 0.6) is 0 Å². The van der Waals surface area contributed by atoms with Gasteiger partial charge in [0, 0.05) is 19.3 Å². The quantitative estimate of drug-likeness (QED) is 0.696. The molecule has 29 heavy (non-hydrogen) atoms. The molecule has 1 saturated heterocycles. The number of halogens is 3. The molecule has 0 radical (unpaired) electrons. The van der Waals surface area contributed by atoms with E-state index in [0.717, 1.165) is 0 Å². The zero-order valence-electron chi connectivity index (χ0n) is 16.1. The number of ether oxygens (including phenoxy) is 1. The minimum absolute atomic E-state index is 0.0253. The summed E-state index contributed by atoms with van der Waals surface area (Å²) >= 11 is 0.693. The first-order chi connectivity index (χ1) is 13.3. The van der Waals surface area contributed by atoms with Crippen LogP contribution in [0.25, 0.3) is 10.3 Å². The summed E-state index contributed by atoms with van der Waals surface area (Å²) in [5, 5.41) is 0. The molecule has 8 nitrogen and oxygen atoms in total. The van der Waals surface area contributed by atoms with Gasteiger partial charge in [-0.2, -0.15) is 13.2 Å². The molecule has 13 heteroatoms. The maximum atomic E-state index is 13.6. The van der Waals surface area contributed by atoms with Crippen LogP contribution in [0.1, 0.15) is 39.1 Å². The first-order valence-electron chi connectivity index (χ1n) is 8.59. The summed E-state index contributed by atoms with van der Waals surface area (Å²) in [5.74, 6) is -1.36. The van der Waals surface area contributed by atoms with Crippen molar-refractivity contribution in [3.8, 4) is 0 Å². The Labute approximate surface area is 170 Å². The first kappa shape index (κ1) is 21.7. The standard InChI is InChI=1S/C16H19F3N4O4S2/c1-15(2,3)27-14(25)22-6-5-8(7-22)23-11(24)9-10(21-12(23)16(17,18)19)28-13(20-9)29(4)26/h8H,5-7H2,1-4H3/t8-,29?/m1/s1. The molecule has 1 amide bonds. The largest absolute Gasteiger partial charge is 0.449 e. The number of nitrogens with zero attached hydrogens (tertiary/aromatic N) is 4. The third-order valence-corrected chi connectivity index (χ3v) is 6.41. The zero-order chi connectivity index (χ0) is 21.7. The number of hydrogen-bond donors (Lipinski definition) is 0. The SMILES string of the molecule is CS(=O)c1nc2c(=O)n([C@@H]3CCN(C(=O)OC(C)(C)C)C3)c(C(F)(F)F)nc2s1. The predicted octanol–water partition coefficient (Wildman–Crippen LogP) is 2.79. The highest BCUT2D eigenvalue weighted by Crippen LogP contribution is 2.33. The van der Waals surface area contributed by atoms with E-state index in [1.807, 2.05) is 0 Å². The van der Waals surface area contributed by atoms with Crippen molar-refractivity contribution in [3.05, 3.63) is 16.2 Å². The Kier molecular flexibility index (Phi) is 5.49. The number of alkyl halides is 3. The Morgan fingerprint density at radius 1 is 1.28 bits per heavy atom. The molecule has 3 heterocycles. The van der Waals surface area contributed by atoms with Crippen molar-refractivity contribution >= 4 is 38.6 Å². The Balaban J connectivity index is 2.04. The Hall–Kier alpha value is -2.02. The number of aromatic nitrogens is 3. The van der Waals surface area contributed by atoms with E-state index in [-0.39, 0.29) is 34.2 Å². The molecule has 1 fully saturated rings. The van der Waals surface area contributed by atoms with Crippen LogP contribution in [-0.2, 0) is 21.7 Å². The lowest BCUT2D eigenvalue weighted by Crippen LogP contribution is -2.37. The van der Waals surface area contributed by atoms with Crippen molar-refractivity contribution in [1.82, 2.24) is 19.4 Å². The molecule has 2 aromatic heterocycles. The van der Waals surface area contributed by atoms with Gasteiger partial charge in [0.1, 0.15) is 5.60 Å². The molecule has 2 aromatic rings. The second kappa shape index (κ2) is 7.35. The smallest absolute Gasteiger partial charge is 0.444 e. The number of carbonyl (C=O) groups excluding carboxylic acids is 1. The van der Waals surface area contributed by atoms with Crippen LogP contribution < -0.4 is 5.56 Å². The monoisotopic (exact) mass is 452 g/mol. The molecule has 0 aliphatic carbocycles. The maximum absolute atomic E-state index is 13.6. The lowest BCUT2D eigenvalue weighted by Gasteiger charge is -2.25. The lowest BCUT2D eigenvalue weighted by atomic mass is 10.2. The van der Waals surface area contributed by atoms with Gasteiger partial charge in [-0.25, -0.2) is 14.8 Å². The highest BCUT2D eigenvalue weighted by molar-refractivity contribution is 7.86.